The zero-order chi connectivity index (χ0) is 13.8. The summed E-state index contributed by atoms with van der Waals surface area (Å²) in [6.45, 7) is 3.19. The van der Waals surface area contributed by atoms with Crippen LogP contribution < -0.4 is 4.90 Å². The molecule has 0 aromatic heterocycles. The minimum Gasteiger partial charge on any atom is -0.396 e. The summed E-state index contributed by atoms with van der Waals surface area (Å²) in [6, 6.07) is 5.94. The van der Waals surface area contributed by atoms with E-state index in [1.54, 1.807) is 4.90 Å². The lowest BCUT2D eigenvalue weighted by atomic mass is 10.1. The fourth-order valence-electron chi connectivity index (χ4n) is 2.20. The largest absolute Gasteiger partial charge is 0.396 e. The second-order valence-corrected chi connectivity index (χ2v) is 5.52. The Morgan fingerprint density at radius 1 is 1.53 bits per heavy atom. The van der Waals surface area contributed by atoms with Crippen LogP contribution in [0, 0.1) is 6.92 Å². The molecule has 104 valence electrons. The maximum Gasteiger partial charge on any atom is 0.256 e. The third-order valence-corrected chi connectivity index (χ3v) is 3.83. The number of carbonyl (C=O) groups is 1. The molecule has 2 rings (SSSR count). The molecule has 1 heterocycles. The first-order valence-electron chi connectivity index (χ1n) is 6.43. The number of hydrogen-bond donors (Lipinski definition) is 1. The SMILES string of the molecule is Cc1ccc(N2CCOC(CCCO)C2=O)c(Br)c1. The van der Waals surface area contributed by atoms with E-state index in [2.05, 4.69) is 15.9 Å². The monoisotopic (exact) mass is 327 g/mol. The predicted molar refractivity (Wildman–Crippen MR) is 77.3 cm³/mol. The molecule has 1 atom stereocenters. The van der Waals surface area contributed by atoms with Crippen LogP contribution in [0.15, 0.2) is 22.7 Å². The third kappa shape index (κ3) is 3.35. The maximum absolute atomic E-state index is 12.4. The quantitative estimate of drug-likeness (QED) is 0.922. The van der Waals surface area contributed by atoms with E-state index in [0.717, 1.165) is 15.7 Å². The first-order chi connectivity index (χ1) is 9.13. The molecule has 0 radical (unpaired) electrons. The molecule has 1 fully saturated rings. The second kappa shape index (κ2) is 6.50. The summed E-state index contributed by atoms with van der Waals surface area (Å²) in [4.78, 5) is 14.1. The summed E-state index contributed by atoms with van der Waals surface area (Å²) in [6.07, 6.45) is 0.711. The highest BCUT2D eigenvalue weighted by Crippen LogP contribution is 2.29. The van der Waals surface area contributed by atoms with Crippen LogP contribution >= 0.6 is 15.9 Å². The lowest BCUT2D eigenvalue weighted by Gasteiger charge is -2.33. The van der Waals surface area contributed by atoms with E-state index in [1.165, 1.54) is 0 Å². The average Bonchev–Trinajstić information content (AvgIpc) is 2.38. The molecule has 1 unspecified atom stereocenters. The van der Waals surface area contributed by atoms with Gasteiger partial charge in [0.05, 0.1) is 12.3 Å². The molecule has 1 N–H and O–H groups in total. The topological polar surface area (TPSA) is 49.8 Å². The van der Waals surface area contributed by atoms with E-state index >= 15 is 0 Å². The van der Waals surface area contributed by atoms with Gasteiger partial charge in [0, 0.05) is 17.6 Å². The van der Waals surface area contributed by atoms with Gasteiger partial charge in [0.2, 0.25) is 0 Å². The normalized spacial score (nSPS) is 19.8. The number of halogens is 1. The Hall–Kier alpha value is -0.910. The van der Waals surface area contributed by atoms with Gasteiger partial charge in [0.25, 0.3) is 5.91 Å². The van der Waals surface area contributed by atoms with Crippen LogP contribution in [-0.4, -0.2) is 36.9 Å². The Bertz CT molecular complexity index is 464. The molecular formula is C14H18BrNO3. The van der Waals surface area contributed by atoms with E-state index in [-0.39, 0.29) is 12.5 Å². The lowest BCUT2D eigenvalue weighted by molar-refractivity contribution is -0.134. The third-order valence-electron chi connectivity index (χ3n) is 3.19. The van der Waals surface area contributed by atoms with E-state index in [4.69, 9.17) is 9.84 Å². The van der Waals surface area contributed by atoms with Crippen molar-refractivity contribution in [1.29, 1.82) is 0 Å². The van der Waals surface area contributed by atoms with E-state index in [0.29, 0.717) is 26.0 Å². The van der Waals surface area contributed by atoms with Gasteiger partial charge in [-0.25, -0.2) is 0 Å². The molecule has 0 bridgehead atoms. The number of nitrogens with zero attached hydrogens (tertiary/aromatic N) is 1. The summed E-state index contributed by atoms with van der Waals surface area (Å²) in [5, 5.41) is 8.85. The van der Waals surface area contributed by atoms with Crippen LogP contribution in [0.5, 0.6) is 0 Å². The van der Waals surface area contributed by atoms with E-state index in [1.807, 2.05) is 25.1 Å². The van der Waals surface area contributed by atoms with Crippen molar-refractivity contribution in [2.24, 2.45) is 0 Å². The predicted octanol–water partition coefficient (Wildman–Crippen LogP) is 2.26. The van der Waals surface area contributed by atoms with Crippen molar-refractivity contribution in [3.63, 3.8) is 0 Å². The molecule has 5 heteroatoms. The van der Waals surface area contributed by atoms with Gasteiger partial charge in [-0.05, 0) is 53.4 Å². The van der Waals surface area contributed by atoms with Crippen molar-refractivity contribution in [2.45, 2.75) is 25.9 Å². The molecule has 0 aliphatic carbocycles. The fourth-order valence-corrected chi connectivity index (χ4v) is 2.90. The first-order valence-corrected chi connectivity index (χ1v) is 7.23. The minimum atomic E-state index is -0.436. The van der Waals surface area contributed by atoms with Crippen LogP contribution in [0.3, 0.4) is 0 Å². The standard InChI is InChI=1S/C14H18BrNO3/c1-10-4-5-12(11(15)9-10)16-6-8-19-13(14(16)18)3-2-7-17/h4-5,9,13,17H,2-3,6-8H2,1H3. The Morgan fingerprint density at radius 2 is 2.32 bits per heavy atom. The van der Waals surface area contributed by atoms with Crippen LogP contribution in [0.25, 0.3) is 0 Å². The van der Waals surface area contributed by atoms with Gasteiger partial charge in [-0.1, -0.05) is 6.07 Å². The second-order valence-electron chi connectivity index (χ2n) is 4.67. The number of anilines is 1. The number of aliphatic hydroxyl groups excluding tert-OH is 1. The molecule has 1 aliphatic rings. The fraction of sp³-hybridized carbons (Fsp3) is 0.500. The number of carbonyl (C=O) groups excluding carboxylic acids is 1. The van der Waals surface area contributed by atoms with Crippen LogP contribution in [0.1, 0.15) is 18.4 Å². The molecule has 19 heavy (non-hydrogen) atoms. The van der Waals surface area contributed by atoms with Crippen LogP contribution in [0.2, 0.25) is 0 Å². The molecule has 1 aliphatic heterocycles. The van der Waals surface area contributed by atoms with Gasteiger partial charge < -0.3 is 14.7 Å². The van der Waals surface area contributed by atoms with Gasteiger partial charge in [0.15, 0.2) is 0 Å². The Labute approximate surface area is 121 Å². The summed E-state index contributed by atoms with van der Waals surface area (Å²) in [5.74, 6) is -0.0238. The van der Waals surface area contributed by atoms with Gasteiger partial charge in [0.1, 0.15) is 6.10 Å². The molecule has 1 amide bonds. The number of aliphatic hydroxyl groups is 1. The van der Waals surface area contributed by atoms with Crippen molar-refractivity contribution in [3.8, 4) is 0 Å². The van der Waals surface area contributed by atoms with E-state index < -0.39 is 6.10 Å². The highest BCUT2D eigenvalue weighted by Gasteiger charge is 2.30. The van der Waals surface area contributed by atoms with Crippen molar-refractivity contribution in [2.75, 3.05) is 24.7 Å². The van der Waals surface area contributed by atoms with Crippen LogP contribution in [0.4, 0.5) is 5.69 Å². The number of ether oxygens (including phenoxy) is 1. The number of morpholine rings is 1. The lowest BCUT2D eigenvalue weighted by Crippen LogP contribution is -2.48. The number of amides is 1. The molecule has 1 aromatic carbocycles. The number of benzene rings is 1. The molecule has 4 nitrogen and oxygen atoms in total. The molecule has 0 spiro atoms. The van der Waals surface area contributed by atoms with Gasteiger partial charge in [-0.2, -0.15) is 0 Å². The first kappa shape index (κ1) is 14.5. The highest BCUT2D eigenvalue weighted by molar-refractivity contribution is 9.10. The van der Waals surface area contributed by atoms with E-state index in [9.17, 15) is 4.79 Å². The number of rotatable bonds is 4. The number of aryl methyl sites for hydroxylation is 1. The molecule has 1 saturated heterocycles. The summed E-state index contributed by atoms with van der Waals surface area (Å²) in [7, 11) is 0. The van der Waals surface area contributed by atoms with Crippen molar-refractivity contribution < 1.29 is 14.6 Å². The van der Waals surface area contributed by atoms with Crippen LogP contribution in [-0.2, 0) is 9.53 Å². The Kier molecular flexibility index (Phi) is 4.96. The van der Waals surface area contributed by atoms with Crippen molar-refractivity contribution in [3.05, 3.63) is 28.2 Å². The van der Waals surface area contributed by atoms with Gasteiger partial charge >= 0.3 is 0 Å². The van der Waals surface area contributed by atoms with Gasteiger partial charge in [-0.3, -0.25) is 4.79 Å². The number of hydrogen-bond acceptors (Lipinski definition) is 3. The summed E-state index contributed by atoms with van der Waals surface area (Å²) in [5.41, 5.74) is 2.03. The minimum absolute atomic E-state index is 0.0238. The highest BCUT2D eigenvalue weighted by atomic mass is 79.9. The van der Waals surface area contributed by atoms with Crippen molar-refractivity contribution in [1.82, 2.24) is 0 Å². The maximum atomic E-state index is 12.4. The Balaban J connectivity index is 2.17. The zero-order valence-electron chi connectivity index (χ0n) is 10.9. The smallest absolute Gasteiger partial charge is 0.256 e. The zero-order valence-corrected chi connectivity index (χ0v) is 12.5. The average molecular weight is 328 g/mol. The summed E-state index contributed by atoms with van der Waals surface area (Å²) >= 11 is 3.51. The van der Waals surface area contributed by atoms with Crippen molar-refractivity contribution >= 4 is 27.5 Å². The molecular weight excluding hydrogens is 310 g/mol. The van der Waals surface area contributed by atoms with Gasteiger partial charge in [-0.15, -0.1) is 0 Å². The molecule has 0 saturated carbocycles. The molecule has 1 aromatic rings. The Morgan fingerprint density at radius 3 is 3.00 bits per heavy atom. The summed E-state index contributed by atoms with van der Waals surface area (Å²) < 4.78 is 6.41.